The predicted molar refractivity (Wildman–Crippen MR) is 108 cm³/mol. The average Bonchev–Trinajstić information content (AvgIpc) is 2.55. The largest absolute Gasteiger partial charge is 0.393 e. The van der Waals surface area contributed by atoms with Gasteiger partial charge in [-0.2, -0.15) is 0 Å². The predicted octanol–water partition coefficient (Wildman–Crippen LogP) is 4.48. The van der Waals surface area contributed by atoms with Crippen molar-refractivity contribution >= 4 is 25.8 Å². The summed E-state index contributed by atoms with van der Waals surface area (Å²) in [5, 5.41) is 12.3. The van der Waals surface area contributed by atoms with Gasteiger partial charge in [-0.3, -0.25) is 0 Å². The molecule has 0 fully saturated rings. The summed E-state index contributed by atoms with van der Waals surface area (Å²) in [5.41, 5.74) is -0.0438. The molecule has 0 bridgehead atoms. The first kappa shape index (κ1) is 19.2. The van der Waals surface area contributed by atoms with Crippen molar-refractivity contribution in [3.05, 3.63) is 60.7 Å². The summed E-state index contributed by atoms with van der Waals surface area (Å²) in [4.78, 5) is 0. The Hall–Kier alpha value is -1.15. The van der Waals surface area contributed by atoms with Gasteiger partial charge in [0, 0.05) is 24.3 Å². The fraction of sp³-hybridized carbons (Fsp3) is 0.400. The van der Waals surface area contributed by atoms with Crippen LogP contribution < -0.4 is 10.6 Å². The van der Waals surface area contributed by atoms with E-state index in [0.717, 1.165) is 10.6 Å². The molecule has 0 aliphatic carbocycles. The van der Waals surface area contributed by atoms with E-state index in [9.17, 15) is 9.67 Å². The summed E-state index contributed by atoms with van der Waals surface area (Å²) in [6.07, 6.45) is -0.627. The van der Waals surface area contributed by atoms with Crippen LogP contribution in [0.15, 0.2) is 60.7 Å². The van der Waals surface area contributed by atoms with Gasteiger partial charge in [-0.15, -0.1) is 0 Å². The van der Waals surface area contributed by atoms with Gasteiger partial charge in [-0.1, -0.05) is 87.2 Å². The molecule has 0 unspecified atom stereocenters. The summed E-state index contributed by atoms with van der Waals surface area (Å²) in [5.74, 6) is 0. The highest BCUT2D eigenvalue weighted by atomic mass is 31.2. The number of benzene rings is 2. The van der Waals surface area contributed by atoms with E-state index >= 15 is 0 Å². The van der Waals surface area contributed by atoms with Crippen LogP contribution in [0.25, 0.3) is 0 Å². The SMILES string of the molecule is C[C@@H](O)[C@@H]([C@H](C)[Si](C)(C)C)P(=O)(c1ccccc1)c1ccccc1. The number of hydrogen-bond donors (Lipinski definition) is 1. The Morgan fingerprint density at radius 2 is 1.21 bits per heavy atom. The molecule has 1 N–H and O–H groups in total. The molecule has 0 radical (unpaired) electrons. The van der Waals surface area contributed by atoms with Crippen molar-refractivity contribution in [1.29, 1.82) is 0 Å². The van der Waals surface area contributed by atoms with Crippen molar-refractivity contribution in [3.63, 3.8) is 0 Å². The molecule has 3 atom stereocenters. The standard InChI is InChI=1S/C20H29O2PSi/c1-16(21)20(17(2)24(3,4)5)23(22,18-12-8-6-9-13-18)19-14-10-7-11-15-19/h6-17,20-21H,1-5H3/t16-,17+,20+/m1/s1. The van der Waals surface area contributed by atoms with Gasteiger partial charge < -0.3 is 9.67 Å². The van der Waals surface area contributed by atoms with E-state index in [1.807, 2.05) is 60.7 Å². The fourth-order valence-electron chi connectivity index (χ4n) is 3.34. The van der Waals surface area contributed by atoms with Gasteiger partial charge in [-0.05, 0) is 12.5 Å². The van der Waals surface area contributed by atoms with E-state index in [-0.39, 0.29) is 11.2 Å². The first-order valence-electron chi connectivity index (χ1n) is 8.58. The third-order valence-electron chi connectivity index (χ3n) is 5.07. The molecule has 0 amide bonds. The third-order valence-corrected chi connectivity index (χ3v) is 12.3. The summed E-state index contributed by atoms with van der Waals surface area (Å²) < 4.78 is 14.5. The van der Waals surface area contributed by atoms with Gasteiger partial charge in [0.2, 0.25) is 0 Å². The van der Waals surface area contributed by atoms with Crippen molar-refractivity contribution in [1.82, 2.24) is 0 Å². The van der Waals surface area contributed by atoms with Gasteiger partial charge in [0.15, 0.2) is 0 Å². The molecule has 0 aliphatic heterocycles. The van der Waals surface area contributed by atoms with Gasteiger partial charge in [0.05, 0.1) is 6.10 Å². The van der Waals surface area contributed by atoms with Crippen LogP contribution in [0.1, 0.15) is 13.8 Å². The molecule has 2 nitrogen and oxygen atoms in total. The quantitative estimate of drug-likeness (QED) is 0.609. The zero-order valence-corrected chi connectivity index (χ0v) is 17.2. The molecule has 24 heavy (non-hydrogen) atoms. The normalized spacial score (nSPS) is 16.4. The molecule has 2 rings (SSSR count). The highest BCUT2D eigenvalue weighted by molar-refractivity contribution is 7.79. The van der Waals surface area contributed by atoms with E-state index in [1.54, 1.807) is 6.92 Å². The second kappa shape index (κ2) is 7.39. The van der Waals surface area contributed by atoms with Crippen LogP contribution in [-0.4, -0.2) is 24.9 Å². The van der Waals surface area contributed by atoms with Crippen molar-refractivity contribution in [2.45, 2.75) is 50.8 Å². The summed E-state index contributed by atoms with van der Waals surface area (Å²) in [6.45, 7) is 10.8. The molecular formula is C20H29O2PSi. The van der Waals surface area contributed by atoms with Crippen molar-refractivity contribution in [2.24, 2.45) is 0 Å². The Labute approximate surface area is 147 Å². The Morgan fingerprint density at radius 3 is 1.50 bits per heavy atom. The van der Waals surface area contributed by atoms with Crippen LogP contribution >= 0.6 is 7.14 Å². The first-order valence-corrected chi connectivity index (χ1v) is 13.9. The molecule has 2 aromatic carbocycles. The van der Waals surface area contributed by atoms with E-state index < -0.39 is 21.3 Å². The van der Waals surface area contributed by atoms with Crippen LogP contribution in [0.3, 0.4) is 0 Å². The lowest BCUT2D eigenvalue weighted by molar-refractivity contribution is 0.185. The lowest BCUT2D eigenvalue weighted by Gasteiger charge is -2.40. The minimum Gasteiger partial charge on any atom is -0.393 e. The minimum absolute atomic E-state index is 0.226. The molecule has 130 valence electrons. The molecule has 4 heteroatoms. The van der Waals surface area contributed by atoms with E-state index in [2.05, 4.69) is 26.6 Å². The van der Waals surface area contributed by atoms with Gasteiger partial charge in [0.25, 0.3) is 0 Å². The Bertz CT molecular complexity index is 649. The van der Waals surface area contributed by atoms with Gasteiger partial charge >= 0.3 is 0 Å². The molecule has 0 saturated heterocycles. The maximum absolute atomic E-state index is 14.5. The van der Waals surface area contributed by atoms with Crippen molar-refractivity contribution in [2.75, 3.05) is 0 Å². The zero-order valence-electron chi connectivity index (χ0n) is 15.3. The van der Waals surface area contributed by atoms with E-state index in [0.29, 0.717) is 0 Å². The average molecular weight is 361 g/mol. The monoisotopic (exact) mass is 360 g/mol. The number of rotatable bonds is 6. The number of hydrogen-bond acceptors (Lipinski definition) is 2. The lowest BCUT2D eigenvalue weighted by Crippen LogP contribution is -2.43. The number of aliphatic hydroxyl groups excluding tert-OH is 1. The topological polar surface area (TPSA) is 37.3 Å². The first-order chi connectivity index (χ1) is 11.2. The van der Waals surface area contributed by atoms with Crippen LogP contribution in [0.2, 0.25) is 25.2 Å². The third kappa shape index (κ3) is 3.74. The lowest BCUT2D eigenvalue weighted by atomic mass is 10.2. The molecule has 0 aromatic heterocycles. The second-order valence-corrected chi connectivity index (χ2v) is 16.3. The smallest absolute Gasteiger partial charge is 0.148 e. The van der Waals surface area contributed by atoms with Gasteiger partial charge in [-0.25, -0.2) is 0 Å². The molecular weight excluding hydrogens is 331 g/mol. The maximum Gasteiger partial charge on any atom is 0.148 e. The van der Waals surface area contributed by atoms with Crippen LogP contribution in [0.4, 0.5) is 0 Å². The van der Waals surface area contributed by atoms with Crippen LogP contribution in [-0.2, 0) is 4.57 Å². The highest BCUT2D eigenvalue weighted by Gasteiger charge is 2.46. The summed E-state index contributed by atoms with van der Waals surface area (Å²) >= 11 is 0. The summed E-state index contributed by atoms with van der Waals surface area (Å²) in [6, 6.07) is 19.4. The molecule has 2 aromatic rings. The number of aliphatic hydroxyl groups is 1. The highest BCUT2D eigenvalue weighted by Crippen LogP contribution is 2.56. The summed E-state index contributed by atoms with van der Waals surface area (Å²) in [7, 11) is -4.55. The molecule has 0 heterocycles. The Kier molecular flexibility index (Phi) is 5.90. The van der Waals surface area contributed by atoms with E-state index in [4.69, 9.17) is 0 Å². The molecule has 0 spiro atoms. The zero-order chi connectivity index (χ0) is 18.0. The van der Waals surface area contributed by atoms with E-state index in [1.165, 1.54) is 0 Å². The molecule has 0 saturated carbocycles. The maximum atomic E-state index is 14.5. The fourth-order valence-corrected chi connectivity index (χ4v) is 10.1. The van der Waals surface area contributed by atoms with Crippen LogP contribution in [0, 0.1) is 0 Å². The molecule has 0 aliphatic rings. The second-order valence-electron chi connectivity index (χ2n) is 7.71. The van der Waals surface area contributed by atoms with Crippen molar-refractivity contribution < 1.29 is 9.67 Å². The Balaban J connectivity index is 2.72. The Morgan fingerprint density at radius 1 is 0.833 bits per heavy atom. The van der Waals surface area contributed by atoms with Crippen LogP contribution in [0.5, 0.6) is 0 Å². The van der Waals surface area contributed by atoms with Gasteiger partial charge in [0.1, 0.15) is 7.14 Å². The minimum atomic E-state index is -2.96. The van der Waals surface area contributed by atoms with Crippen molar-refractivity contribution in [3.8, 4) is 0 Å².